The smallest absolute Gasteiger partial charge is 0.328 e. The molecule has 0 aliphatic carbocycles. The molecule has 0 radical (unpaired) electrons. The molecule has 2 amide bonds. The molecule has 1 aromatic carbocycles. The zero-order valence-corrected chi connectivity index (χ0v) is 11.2. The van der Waals surface area contributed by atoms with Crippen molar-refractivity contribution < 1.29 is 24.2 Å². The average molecular weight is 284 g/mol. The highest BCUT2D eigenvalue weighted by molar-refractivity contribution is 5.82. The van der Waals surface area contributed by atoms with Crippen molar-refractivity contribution in [1.29, 1.82) is 0 Å². The number of carboxylic acid groups (broad SMARTS) is 1. The first kappa shape index (κ1) is 15.9. The first-order valence-electron chi connectivity index (χ1n) is 5.99. The van der Waals surface area contributed by atoms with Crippen molar-refractivity contribution in [3.8, 4) is 0 Å². The number of carbonyl (C=O) groups excluding carboxylic acids is 1. The van der Waals surface area contributed by atoms with Crippen LogP contribution in [0.2, 0.25) is 0 Å². The summed E-state index contributed by atoms with van der Waals surface area (Å²) in [5.74, 6) is -1.79. The topological polar surface area (TPSA) is 89.9 Å². The predicted octanol–water partition coefficient (Wildman–Crippen LogP) is 0.801. The number of nitrogens with zero attached hydrogens (tertiary/aromatic N) is 1. The zero-order chi connectivity index (χ0) is 15.3. The van der Waals surface area contributed by atoms with E-state index in [1.807, 2.05) is 0 Å². The van der Waals surface area contributed by atoms with Crippen LogP contribution in [0.1, 0.15) is 12.5 Å². The van der Waals surface area contributed by atoms with Crippen LogP contribution in [-0.4, -0.2) is 46.3 Å². The monoisotopic (exact) mass is 284 g/mol. The number of carbonyl (C=O) groups is 2. The van der Waals surface area contributed by atoms with Crippen molar-refractivity contribution in [1.82, 2.24) is 10.2 Å². The summed E-state index contributed by atoms with van der Waals surface area (Å²) < 4.78 is 13.4. The highest BCUT2D eigenvalue weighted by Gasteiger charge is 2.26. The van der Waals surface area contributed by atoms with Gasteiger partial charge in [-0.25, -0.2) is 14.0 Å². The van der Waals surface area contributed by atoms with Crippen LogP contribution in [0, 0.1) is 5.82 Å². The zero-order valence-electron chi connectivity index (χ0n) is 11.2. The van der Waals surface area contributed by atoms with E-state index in [9.17, 15) is 19.1 Å². The van der Waals surface area contributed by atoms with Gasteiger partial charge < -0.3 is 20.4 Å². The lowest BCUT2D eigenvalue weighted by atomic mass is 10.2. The molecular formula is C13H17FN2O4. The van der Waals surface area contributed by atoms with E-state index < -0.39 is 30.0 Å². The van der Waals surface area contributed by atoms with Gasteiger partial charge >= 0.3 is 12.0 Å². The number of aliphatic carboxylic acids is 1. The summed E-state index contributed by atoms with van der Waals surface area (Å²) in [5, 5.41) is 20.3. The summed E-state index contributed by atoms with van der Waals surface area (Å²) in [6.45, 7) is 1.25. The van der Waals surface area contributed by atoms with Crippen molar-refractivity contribution in [2.75, 3.05) is 7.05 Å². The lowest BCUT2D eigenvalue weighted by Gasteiger charge is -2.23. The second-order valence-electron chi connectivity index (χ2n) is 4.45. The number of halogens is 1. The SMILES string of the molecule is CC(O)C(NC(=O)N(C)Cc1ccccc1F)C(=O)O. The first-order chi connectivity index (χ1) is 9.32. The third kappa shape index (κ3) is 4.20. The number of urea groups is 1. The molecule has 6 nitrogen and oxygen atoms in total. The van der Waals surface area contributed by atoms with Crippen LogP contribution in [0.25, 0.3) is 0 Å². The standard InChI is InChI=1S/C13H17FN2O4/c1-8(17)11(12(18)19)15-13(20)16(2)7-9-5-3-4-6-10(9)14/h3-6,8,11,17H,7H2,1-2H3,(H,15,20)(H,18,19). The van der Waals surface area contributed by atoms with E-state index in [4.69, 9.17) is 5.11 Å². The van der Waals surface area contributed by atoms with Crippen LogP contribution >= 0.6 is 0 Å². The molecule has 0 bridgehead atoms. The van der Waals surface area contributed by atoms with Crippen molar-refractivity contribution >= 4 is 12.0 Å². The fourth-order valence-corrected chi connectivity index (χ4v) is 1.59. The van der Waals surface area contributed by atoms with E-state index in [1.54, 1.807) is 6.07 Å². The van der Waals surface area contributed by atoms with Crippen LogP contribution in [0.5, 0.6) is 0 Å². The Hall–Kier alpha value is -2.15. The fraction of sp³-hybridized carbons (Fsp3) is 0.385. The van der Waals surface area contributed by atoms with Gasteiger partial charge in [0.1, 0.15) is 5.82 Å². The normalized spacial score (nSPS) is 13.4. The molecular weight excluding hydrogens is 267 g/mol. The molecule has 1 rings (SSSR count). The van der Waals surface area contributed by atoms with Gasteiger partial charge in [0.05, 0.1) is 6.10 Å². The second kappa shape index (κ2) is 6.85. The Labute approximate surface area is 115 Å². The molecule has 0 aliphatic heterocycles. The molecule has 110 valence electrons. The highest BCUT2D eigenvalue weighted by atomic mass is 19.1. The van der Waals surface area contributed by atoms with Crippen molar-refractivity contribution in [3.05, 3.63) is 35.6 Å². The molecule has 7 heteroatoms. The van der Waals surface area contributed by atoms with E-state index in [0.717, 1.165) is 4.90 Å². The van der Waals surface area contributed by atoms with Crippen molar-refractivity contribution in [2.24, 2.45) is 0 Å². The summed E-state index contributed by atoms with van der Waals surface area (Å²) >= 11 is 0. The molecule has 2 atom stereocenters. The number of nitrogens with one attached hydrogen (secondary N) is 1. The molecule has 0 fully saturated rings. The lowest BCUT2D eigenvalue weighted by Crippen LogP contribution is -2.51. The van der Waals surface area contributed by atoms with Gasteiger partial charge in [-0.05, 0) is 13.0 Å². The maximum Gasteiger partial charge on any atom is 0.328 e. The minimum atomic E-state index is -1.41. The molecule has 0 aromatic heterocycles. The Morgan fingerprint density at radius 3 is 2.50 bits per heavy atom. The molecule has 0 saturated carbocycles. The fourth-order valence-electron chi connectivity index (χ4n) is 1.59. The van der Waals surface area contributed by atoms with Gasteiger partial charge in [-0.15, -0.1) is 0 Å². The Bertz CT molecular complexity index is 493. The predicted molar refractivity (Wildman–Crippen MR) is 69.5 cm³/mol. The largest absolute Gasteiger partial charge is 0.480 e. The van der Waals surface area contributed by atoms with E-state index >= 15 is 0 Å². The minimum Gasteiger partial charge on any atom is -0.480 e. The molecule has 1 aromatic rings. The maximum atomic E-state index is 13.4. The third-order valence-electron chi connectivity index (χ3n) is 2.74. The van der Waals surface area contributed by atoms with E-state index in [2.05, 4.69) is 5.32 Å². The molecule has 2 unspecified atom stereocenters. The number of rotatable bonds is 5. The molecule has 20 heavy (non-hydrogen) atoms. The van der Waals surface area contributed by atoms with Crippen molar-refractivity contribution in [2.45, 2.75) is 25.6 Å². The van der Waals surface area contributed by atoms with Gasteiger partial charge in [-0.1, -0.05) is 18.2 Å². The van der Waals surface area contributed by atoms with E-state index in [-0.39, 0.29) is 6.54 Å². The number of carboxylic acids is 1. The summed E-state index contributed by atoms with van der Waals surface area (Å²) in [6.07, 6.45) is -1.24. The Morgan fingerprint density at radius 1 is 1.40 bits per heavy atom. The molecule has 3 N–H and O–H groups in total. The van der Waals surface area contributed by atoms with Crippen LogP contribution in [0.4, 0.5) is 9.18 Å². The number of amides is 2. The van der Waals surface area contributed by atoms with Gasteiger partial charge in [0, 0.05) is 19.2 Å². The van der Waals surface area contributed by atoms with Gasteiger partial charge in [0.25, 0.3) is 0 Å². The summed E-state index contributed by atoms with van der Waals surface area (Å²) in [7, 11) is 1.41. The molecule has 0 saturated heterocycles. The number of hydrogen-bond donors (Lipinski definition) is 3. The van der Waals surface area contributed by atoms with E-state index in [1.165, 1.54) is 32.2 Å². The highest BCUT2D eigenvalue weighted by Crippen LogP contribution is 2.09. The van der Waals surface area contributed by atoms with E-state index in [0.29, 0.717) is 5.56 Å². The van der Waals surface area contributed by atoms with Crippen LogP contribution in [0.15, 0.2) is 24.3 Å². The molecule has 0 spiro atoms. The number of aliphatic hydroxyl groups excluding tert-OH is 1. The first-order valence-corrected chi connectivity index (χ1v) is 5.99. The number of hydrogen-bond acceptors (Lipinski definition) is 3. The van der Waals surface area contributed by atoms with Crippen LogP contribution in [-0.2, 0) is 11.3 Å². The second-order valence-corrected chi connectivity index (χ2v) is 4.45. The van der Waals surface area contributed by atoms with Gasteiger partial charge in [0.15, 0.2) is 6.04 Å². The van der Waals surface area contributed by atoms with Gasteiger partial charge in [-0.2, -0.15) is 0 Å². The van der Waals surface area contributed by atoms with Crippen LogP contribution < -0.4 is 5.32 Å². The Kier molecular flexibility index (Phi) is 5.45. The molecule has 0 aliphatic rings. The molecule has 0 heterocycles. The summed E-state index contributed by atoms with van der Waals surface area (Å²) in [6, 6.07) is 3.86. The maximum absolute atomic E-state index is 13.4. The summed E-state index contributed by atoms with van der Waals surface area (Å²) in [4.78, 5) is 23.8. The number of benzene rings is 1. The quantitative estimate of drug-likeness (QED) is 0.746. The Morgan fingerprint density at radius 2 is 2.00 bits per heavy atom. The Balaban J connectivity index is 2.68. The third-order valence-corrected chi connectivity index (χ3v) is 2.74. The summed E-state index contributed by atoms with van der Waals surface area (Å²) in [5.41, 5.74) is 0.314. The lowest BCUT2D eigenvalue weighted by molar-refractivity contribution is -0.141. The van der Waals surface area contributed by atoms with Crippen LogP contribution in [0.3, 0.4) is 0 Å². The average Bonchev–Trinajstić information content (AvgIpc) is 2.37. The van der Waals surface area contributed by atoms with Gasteiger partial charge in [-0.3, -0.25) is 0 Å². The number of aliphatic hydroxyl groups is 1. The van der Waals surface area contributed by atoms with Gasteiger partial charge in [0.2, 0.25) is 0 Å². The minimum absolute atomic E-state index is 0.00927. The van der Waals surface area contributed by atoms with Crippen molar-refractivity contribution in [3.63, 3.8) is 0 Å².